The van der Waals surface area contributed by atoms with Crippen LogP contribution in [-0.4, -0.2) is 29.9 Å². The number of ether oxygens (including phenoxy) is 1. The van der Waals surface area contributed by atoms with Crippen LogP contribution in [0.25, 0.3) is 11.3 Å². The molecule has 0 spiro atoms. The first kappa shape index (κ1) is 19.1. The molecule has 2 heterocycles. The molecule has 0 bridgehead atoms. The van der Waals surface area contributed by atoms with Crippen LogP contribution in [0.4, 0.5) is 10.8 Å². The van der Waals surface area contributed by atoms with E-state index in [1.165, 1.54) is 11.3 Å². The van der Waals surface area contributed by atoms with E-state index in [0.29, 0.717) is 17.3 Å². The number of carbonyl (C=O) groups excluding carboxylic acids is 2. The van der Waals surface area contributed by atoms with Crippen molar-refractivity contribution in [2.45, 2.75) is 19.8 Å². The predicted octanol–water partition coefficient (Wildman–Crippen LogP) is 4.26. The first-order chi connectivity index (χ1) is 14.1. The summed E-state index contributed by atoms with van der Waals surface area (Å²) in [7, 11) is 0. The molecular weight excluding hydrogens is 386 g/mol. The van der Waals surface area contributed by atoms with Gasteiger partial charge in [0, 0.05) is 29.6 Å². The first-order valence-corrected chi connectivity index (χ1v) is 10.3. The fourth-order valence-electron chi connectivity index (χ4n) is 3.26. The molecule has 148 valence electrons. The maximum absolute atomic E-state index is 12.2. The molecule has 7 heteroatoms. The average Bonchev–Trinajstić information content (AvgIpc) is 3.36. The number of anilines is 2. The minimum Gasteiger partial charge on any atom is -0.484 e. The molecule has 2 aromatic carbocycles. The third-order valence-electron chi connectivity index (χ3n) is 4.76. The maximum atomic E-state index is 12.2. The SMILES string of the molecule is Cc1ccccc1-c1csc(NC(=O)COc2ccc(N3CCCC3=O)cc2)n1. The first-order valence-electron chi connectivity index (χ1n) is 9.45. The van der Waals surface area contributed by atoms with E-state index in [1.807, 2.05) is 48.7 Å². The van der Waals surface area contributed by atoms with Crippen LogP contribution < -0.4 is 15.0 Å². The molecule has 0 radical (unpaired) electrons. The number of hydrogen-bond donors (Lipinski definition) is 1. The Kier molecular flexibility index (Phi) is 5.57. The van der Waals surface area contributed by atoms with E-state index >= 15 is 0 Å². The number of benzene rings is 2. The standard InChI is InChI=1S/C22H21N3O3S/c1-15-5-2-3-6-18(15)19-14-29-22(23-19)24-20(26)13-28-17-10-8-16(9-11-17)25-12-4-7-21(25)27/h2-3,5-6,8-11,14H,4,7,12-13H2,1H3,(H,23,24,26). The van der Waals surface area contributed by atoms with Gasteiger partial charge < -0.3 is 9.64 Å². The second-order valence-corrected chi connectivity index (χ2v) is 7.69. The number of nitrogens with zero attached hydrogens (tertiary/aromatic N) is 2. The second-order valence-electron chi connectivity index (χ2n) is 6.83. The topological polar surface area (TPSA) is 71.5 Å². The molecule has 1 fully saturated rings. The van der Waals surface area contributed by atoms with E-state index in [4.69, 9.17) is 4.74 Å². The summed E-state index contributed by atoms with van der Waals surface area (Å²) >= 11 is 1.38. The number of hydrogen-bond acceptors (Lipinski definition) is 5. The van der Waals surface area contributed by atoms with Crippen molar-refractivity contribution in [1.29, 1.82) is 0 Å². The molecule has 29 heavy (non-hydrogen) atoms. The Bertz CT molecular complexity index is 1030. The smallest absolute Gasteiger partial charge is 0.264 e. The summed E-state index contributed by atoms with van der Waals surface area (Å²) in [6.45, 7) is 2.67. The third-order valence-corrected chi connectivity index (χ3v) is 5.52. The molecule has 0 aliphatic carbocycles. The van der Waals surface area contributed by atoms with Crippen LogP contribution in [0.2, 0.25) is 0 Å². The van der Waals surface area contributed by atoms with E-state index < -0.39 is 0 Å². The number of thiazole rings is 1. The number of aryl methyl sites for hydroxylation is 1. The van der Waals surface area contributed by atoms with Crippen molar-refractivity contribution in [3.8, 4) is 17.0 Å². The van der Waals surface area contributed by atoms with Gasteiger partial charge in [-0.25, -0.2) is 4.98 Å². The van der Waals surface area contributed by atoms with Crippen LogP contribution in [0.5, 0.6) is 5.75 Å². The molecule has 1 saturated heterocycles. The van der Waals surface area contributed by atoms with Gasteiger partial charge in [-0.1, -0.05) is 24.3 Å². The van der Waals surface area contributed by atoms with Crippen molar-refractivity contribution in [2.24, 2.45) is 0 Å². The quantitative estimate of drug-likeness (QED) is 0.663. The molecule has 4 rings (SSSR count). The van der Waals surface area contributed by atoms with E-state index in [1.54, 1.807) is 17.0 Å². The number of amides is 2. The second kappa shape index (κ2) is 8.45. The van der Waals surface area contributed by atoms with E-state index in [-0.39, 0.29) is 18.4 Å². The molecule has 1 N–H and O–H groups in total. The largest absolute Gasteiger partial charge is 0.484 e. The van der Waals surface area contributed by atoms with Crippen LogP contribution in [0.15, 0.2) is 53.9 Å². The Labute approximate surface area is 173 Å². The van der Waals surface area contributed by atoms with Crippen LogP contribution in [0.1, 0.15) is 18.4 Å². The number of nitrogens with one attached hydrogen (secondary N) is 1. The van der Waals surface area contributed by atoms with Crippen molar-refractivity contribution >= 4 is 34.0 Å². The summed E-state index contributed by atoms with van der Waals surface area (Å²) in [6.07, 6.45) is 1.49. The van der Waals surface area contributed by atoms with Gasteiger partial charge in [-0.3, -0.25) is 14.9 Å². The van der Waals surface area contributed by atoms with Crippen molar-refractivity contribution in [1.82, 2.24) is 4.98 Å². The van der Waals surface area contributed by atoms with Crippen molar-refractivity contribution in [3.05, 3.63) is 59.5 Å². The summed E-state index contributed by atoms with van der Waals surface area (Å²) in [5, 5.41) is 5.24. The zero-order valence-electron chi connectivity index (χ0n) is 16.1. The number of carbonyl (C=O) groups is 2. The lowest BCUT2D eigenvalue weighted by molar-refractivity contribution is -0.118. The zero-order valence-corrected chi connectivity index (χ0v) is 16.9. The zero-order chi connectivity index (χ0) is 20.2. The van der Waals surface area contributed by atoms with Crippen LogP contribution >= 0.6 is 11.3 Å². The molecule has 0 unspecified atom stereocenters. The monoisotopic (exact) mass is 407 g/mol. The van der Waals surface area contributed by atoms with Gasteiger partial charge in [0.25, 0.3) is 5.91 Å². The molecule has 2 amide bonds. The Hall–Kier alpha value is -3.19. The minimum atomic E-state index is -0.269. The average molecular weight is 407 g/mol. The van der Waals surface area contributed by atoms with Gasteiger partial charge in [-0.2, -0.15) is 0 Å². The van der Waals surface area contributed by atoms with Gasteiger partial charge in [0.2, 0.25) is 5.91 Å². The molecule has 1 aliphatic rings. The highest BCUT2D eigenvalue weighted by molar-refractivity contribution is 7.14. The van der Waals surface area contributed by atoms with E-state index in [9.17, 15) is 9.59 Å². The highest BCUT2D eigenvalue weighted by Crippen LogP contribution is 2.27. The Morgan fingerprint density at radius 1 is 1.21 bits per heavy atom. The Balaban J connectivity index is 1.31. The fraction of sp³-hybridized carbons (Fsp3) is 0.227. The Morgan fingerprint density at radius 3 is 2.72 bits per heavy atom. The highest BCUT2D eigenvalue weighted by atomic mass is 32.1. The fourth-order valence-corrected chi connectivity index (χ4v) is 3.99. The predicted molar refractivity (Wildman–Crippen MR) is 114 cm³/mol. The van der Waals surface area contributed by atoms with Crippen LogP contribution in [-0.2, 0) is 9.59 Å². The van der Waals surface area contributed by atoms with Gasteiger partial charge in [0.1, 0.15) is 5.75 Å². The van der Waals surface area contributed by atoms with Crippen LogP contribution in [0, 0.1) is 6.92 Å². The molecular formula is C22H21N3O3S. The van der Waals surface area contributed by atoms with Crippen molar-refractivity contribution < 1.29 is 14.3 Å². The highest BCUT2D eigenvalue weighted by Gasteiger charge is 2.21. The molecule has 0 saturated carbocycles. The number of rotatable bonds is 6. The lowest BCUT2D eigenvalue weighted by atomic mass is 10.1. The maximum Gasteiger partial charge on any atom is 0.264 e. The summed E-state index contributed by atoms with van der Waals surface area (Å²) in [5.74, 6) is 0.455. The molecule has 1 aromatic heterocycles. The number of aromatic nitrogens is 1. The molecule has 1 aliphatic heterocycles. The van der Waals surface area contributed by atoms with Gasteiger partial charge >= 0.3 is 0 Å². The van der Waals surface area contributed by atoms with E-state index in [2.05, 4.69) is 10.3 Å². The lowest BCUT2D eigenvalue weighted by Crippen LogP contribution is -2.23. The summed E-state index contributed by atoms with van der Waals surface area (Å²) < 4.78 is 5.56. The molecule has 0 atom stereocenters. The van der Waals surface area contributed by atoms with Gasteiger partial charge in [0.15, 0.2) is 11.7 Å². The molecule has 3 aromatic rings. The van der Waals surface area contributed by atoms with Gasteiger partial charge in [0.05, 0.1) is 5.69 Å². The van der Waals surface area contributed by atoms with Gasteiger partial charge in [-0.05, 0) is 43.2 Å². The lowest BCUT2D eigenvalue weighted by Gasteiger charge is -2.16. The normalized spacial score (nSPS) is 13.6. The summed E-state index contributed by atoms with van der Waals surface area (Å²) in [5.41, 5.74) is 3.89. The van der Waals surface area contributed by atoms with E-state index in [0.717, 1.165) is 35.5 Å². The van der Waals surface area contributed by atoms with Crippen molar-refractivity contribution in [2.75, 3.05) is 23.4 Å². The minimum absolute atomic E-state index is 0.110. The summed E-state index contributed by atoms with van der Waals surface area (Å²) in [6, 6.07) is 15.2. The van der Waals surface area contributed by atoms with Crippen molar-refractivity contribution in [3.63, 3.8) is 0 Å². The Morgan fingerprint density at radius 2 is 2.00 bits per heavy atom. The van der Waals surface area contributed by atoms with Crippen LogP contribution in [0.3, 0.4) is 0 Å². The van der Waals surface area contributed by atoms with Gasteiger partial charge in [-0.15, -0.1) is 11.3 Å². The third kappa shape index (κ3) is 4.46. The molecule has 6 nitrogen and oxygen atoms in total. The summed E-state index contributed by atoms with van der Waals surface area (Å²) in [4.78, 5) is 30.3.